The van der Waals surface area contributed by atoms with Gasteiger partial charge in [0.05, 0.1) is 23.8 Å². The number of fused-ring (bicyclic) bond motifs is 1. The summed E-state index contributed by atoms with van der Waals surface area (Å²) in [5, 5.41) is 9.62. The number of unbranched alkanes of at least 4 members (excludes halogenated alkanes) is 1. The second kappa shape index (κ2) is 8.94. The molecule has 130 valence electrons. The number of aliphatic hydroxyl groups is 1. The molecule has 0 unspecified atom stereocenters. The number of benzene rings is 1. The molecule has 0 fully saturated rings. The van der Waals surface area contributed by atoms with Crippen LogP contribution in [0.25, 0.3) is 10.9 Å². The van der Waals surface area contributed by atoms with Crippen molar-refractivity contribution in [2.24, 2.45) is 0 Å². The van der Waals surface area contributed by atoms with E-state index in [9.17, 15) is 9.59 Å². The van der Waals surface area contributed by atoms with Gasteiger partial charge in [-0.25, -0.2) is 4.98 Å². The molecule has 1 N–H and O–H groups in total. The molecule has 2 aromatic rings. The molecule has 1 heterocycles. The Balaban J connectivity index is 2.10. The first kappa shape index (κ1) is 18.6. The van der Waals surface area contributed by atoms with Crippen LogP contribution in [0.4, 0.5) is 0 Å². The van der Waals surface area contributed by atoms with E-state index in [0.29, 0.717) is 24.0 Å². The van der Waals surface area contributed by atoms with Crippen LogP contribution in [-0.2, 0) is 11.3 Å². The van der Waals surface area contributed by atoms with Crippen LogP contribution in [0.1, 0.15) is 26.2 Å². The number of aliphatic hydroxyl groups excluding tert-OH is 1. The summed E-state index contributed by atoms with van der Waals surface area (Å²) in [5.41, 5.74) is 0.479. The Hall–Kier alpha value is -1.73. The Morgan fingerprint density at radius 2 is 2.17 bits per heavy atom. The third-order valence-corrected chi connectivity index (χ3v) is 4.35. The SMILES string of the molecule is CCCCN(CCO)C(=O)CCn1cnc2ccc(Br)cc2c1=O. The molecular weight excluding hydrogens is 374 g/mol. The highest BCUT2D eigenvalue weighted by molar-refractivity contribution is 9.10. The fourth-order valence-corrected chi connectivity index (χ4v) is 2.86. The van der Waals surface area contributed by atoms with Crippen LogP contribution in [0.15, 0.2) is 33.8 Å². The molecule has 0 saturated carbocycles. The van der Waals surface area contributed by atoms with Crippen LogP contribution in [0, 0.1) is 0 Å². The molecule has 0 bridgehead atoms. The van der Waals surface area contributed by atoms with Gasteiger partial charge in [0.1, 0.15) is 0 Å². The first-order valence-corrected chi connectivity index (χ1v) is 8.89. The van der Waals surface area contributed by atoms with Crippen molar-refractivity contribution in [1.82, 2.24) is 14.5 Å². The largest absolute Gasteiger partial charge is 0.395 e. The number of rotatable bonds is 8. The second-order valence-electron chi connectivity index (χ2n) is 5.61. The molecule has 1 amide bonds. The number of carbonyl (C=O) groups excluding carboxylic acids is 1. The van der Waals surface area contributed by atoms with Crippen LogP contribution < -0.4 is 5.56 Å². The van der Waals surface area contributed by atoms with Crippen molar-refractivity contribution in [3.63, 3.8) is 0 Å². The summed E-state index contributed by atoms with van der Waals surface area (Å²) in [4.78, 5) is 30.7. The molecule has 0 radical (unpaired) electrons. The highest BCUT2D eigenvalue weighted by Crippen LogP contribution is 2.14. The molecule has 0 spiro atoms. The van der Waals surface area contributed by atoms with Crippen LogP contribution in [0.2, 0.25) is 0 Å². The Labute approximate surface area is 149 Å². The standard InChI is InChI=1S/C17H22BrN3O3/c1-2-3-7-20(9-10-22)16(23)6-8-21-12-19-15-5-4-13(18)11-14(15)17(21)24/h4-5,11-12,22H,2-3,6-10H2,1H3. The van der Waals surface area contributed by atoms with E-state index in [2.05, 4.69) is 27.8 Å². The molecule has 1 aromatic heterocycles. The fraction of sp³-hybridized carbons (Fsp3) is 0.471. The summed E-state index contributed by atoms with van der Waals surface area (Å²) >= 11 is 3.35. The highest BCUT2D eigenvalue weighted by atomic mass is 79.9. The third kappa shape index (κ3) is 4.64. The fourth-order valence-electron chi connectivity index (χ4n) is 2.50. The van der Waals surface area contributed by atoms with E-state index in [1.54, 1.807) is 17.0 Å². The summed E-state index contributed by atoms with van der Waals surface area (Å²) < 4.78 is 2.28. The molecule has 6 nitrogen and oxygen atoms in total. The molecule has 7 heteroatoms. The van der Waals surface area contributed by atoms with Crippen LogP contribution in [-0.4, -0.2) is 45.2 Å². The van der Waals surface area contributed by atoms with Gasteiger partial charge in [0.25, 0.3) is 5.56 Å². The van der Waals surface area contributed by atoms with Crippen LogP contribution in [0.5, 0.6) is 0 Å². The summed E-state index contributed by atoms with van der Waals surface area (Å²) in [6.07, 6.45) is 3.58. The molecule has 0 atom stereocenters. The van der Waals surface area contributed by atoms with Gasteiger partial charge in [-0.15, -0.1) is 0 Å². The molecule has 0 aliphatic rings. The summed E-state index contributed by atoms with van der Waals surface area (Å²) in [6.45, 7) is 3.24. The average molecular weight is 396 g/mol. The normalized spacial score (nSPS) is 11.0. The lowest BCUT2D eigenvalue weighted by atomic mass is 10.2. The van der Waals surface area contributed by atoms with Crippen molar-refractivity contribution in [2.45, 2.75) is 32.7 Å². The molecule has 1 aromatic carbocycles. The zero-order valence-corrected chi connectivity index (χ0v) is 15.3. The minimum Gasteiger partial charge on any atom is -0.395 e. The lowest BCUT2D eigenvalue weighted by molar-refractivity contribution is -0.132. The predicted molar refractivity (Wildman–Crippen MR) is 96.9 cm³/mol. The number of nitrogens with zero attached hydrogens (tertiary/aromatic N) is 3. The van der Waals surface area contributed by atoms with Crippen molar-refractivity contribution in [2.75, 3.05) is 19.7 Å². The minimum atomic E-state index is -0.156. The van der Waals surface area contributed by atoms with Gasteiger partial charge in [0.2, 0.25) is 5.91 Å². The highest BCUT2D eigenvalue weighted by Gasteiger charge is 2.13. The number of aromatic nitrogens is 2. The molecule has 0 aliphatic heterocycles. The van der Waals surface area contributed by atoms with Gasteiger partial charge in [-0.2, -0.15) is 0 Å². The lowest BCUT2D eigenvalue weighted by Gasteiger charge is -2.21. The van der Waals surface area contributed by atoms with E-state index in [-0.39, 0.29) is 31.0 Å². The monoisotopic (exact) mass is 395 g/mol. The van der Waals surface area contributed by atoms with Crippen molar-refractivity contribution in [1.29, 1.82) is 0 Å². The van der Waals surface area contributed by atoms with Gasteiger partial charge in [0, 0.05) is 30.5 Å². The molecule has 2 rings (SSSR count). The maximum Gasteiger partial charge on any atom is 0.261 e. The number of halogens is 1. The topological polar surface area (TPSA) is 75.4 Å². The first-order chi connectivity index (χ1) is 11.6. The predicted octanol–water partition coefficient (Wildman–Crippen LogP) is 2.17. The summed E-state index contributed by atoms with van der Waals surface area (Å²) in [7, 11) is 0. The number of aryl methyl sites for hydroxylation is 1. The second-order valence-corrected chi connectivity index (χ2v) is 6.53. The summed E-state index contributed by atoms with van der Waals surface area (Å²) in [5.74, 6) is -0.0567. The van der Waals surface area contributed by atoms with Crippen molar-refractivity contribution in [3.05, 3.63) is 39.4 Å². The maximum absolute atomic E-state index is 12.5. The van der Waals surface area contributed by atoms with E-state index >= 15 is 0 Å². The van der Waals surface area contributed by atoms with E-state index in [0.717, 1.165) is 17.3 Å². The smallest absolute Gasteiger partial charge is 0.261 e. The van der Waals surface area contributed by atoms with Gasteiger partial charge in [-0.3, -0.25) is 14.2 Å². The van der Waals surface area contributed by atoms with Gasteiger partial charge < -0.3 is 10.0 Å². The van der Waals surface area contributed by atoms with E-state index < -0.39 is 0 Å². The molecule has 0 saturated heterocycles. The minimum absolute atomic E-state index is 0.0546. The quantitative estimate of drug-likeness (QED) is 0.742. The Morgan fingerprint density at radius 1 is 1.38 bits per heavy atom. The van der Waals surface area contributed by atoms with Crippen molar-refractivity contribution in [3.8, 4) is 0 Å². The van der Waals surface area contributed by atoms with E-state index in [4.69, 9.17) is 5.11 Å². The number of amides is 1. The Morgan fingerprint density at radius 3 is 2.88 bits per heavy atom. The van der Waals surface area contributed by atoms with Crippen molar-refractivity contribution < 1.29 is 9.90 Å². The molecule has 0 aliphatic carbocycles. The van der Waals surface area contributed by atoms with Gasteiger partial charge >= 0.3 is 0 Å². The molecule has 24 heavy (non-hydrogen) atoms. The number of hydrogen-bond donors (Lipinski definition) is 1. The zero-order chi connectivity index (χ0) is 17.5. The van der Waals surface area contributed by atoms with Crippen molar-refractivity contribution >= 4 is 32.7 Å². The van der Waals surface area contributed by atoms with Crippen LogP contribution in [0.3, 0.4) is 0 Å². The van der Waals surface area contributed by atoms with E-state index in [1.165, 1.54) is 10.9 Å². The Kier molecular flexibility index (Phi) is 6.93. The maximum atomic E-state index is 12.5. The van der Waals surface area contributed by atoms with Crippen LogP contribution >= 0.6 is 15.9 Å². The first-order valence-electron chi connectivity index (χ1n) is 8.10. The Bertz CT molecular complexity index is 760. The lowest BCUT2D eigenvalue weighted by Crippen LogP contribution is -2.35. The van der Waals surface area contributed by atoms with E-state index in [1.807, 2.05) is 6.07 Å². The van der Waals surface area contributed by atoms with Gasteiger partial charge in [0.15, 0.2) is 0 Å². The number of hydrogen-bond acceptors (Lipinski definition) is 4. The summed E-state index contributed by atoms with van der Waals surface area (Å²) in [6, 6.07) is 5.36. The van der Waals surface area contributed by atoms with Gasteiger partial charge in [-0.05, 0) is 24.6 Å². The third-order valence-electron chi connectivity index (χ3n) is 3.86. The molecular formula is C17H22BrN3O3. The number of carbonyl (C=O) groups is 1. The van der Waals surface area contributed by atoms with Gasteiger partial charge in [-0.1, -0.05) is 29.3 Å². The zero-order valence-electron chi connectivity index (χ0n) is 13.7. The average Bonchev–Trinajstić information content (AvgIpc) is 2.58.